The maximum Gasteiger partial charge on any atom is 0.339 e. The summed E-state index contributed by atoms with van der Waals surface area (Å²) in [5.74, 6) is -1.22. The van der Waals surface area contributed by atoms with Gasteiger partial charge in [0.15, 0.2) is 0 Å². The highest BCUT2D eigenvalue weighted by Crippen LogP contribution is 2.29. The van der Waals surface area contributed by atoms with Crippen molar-refractivity contribution < 1.29 is 23.8 Å². The predicted molar refractivity (Wildman–Crippen MR) is 114 cm³/mol. The number of nitrogens with one attached hydrogen (secondary N) is 1. The van der Waals surface area contributed by atoms with E-state index in [1.165, 1.54) is 0 Å². The van der Waals surface area contributed by atoms with Crippen LogP contribution in [0.3, 0.4) is 0 Å². The molecule has 0 aliphatic rings. The van der Waals surface area contributed by atoms with Gasteiger partial charge >= 0.3 is 5.63 Å². The minimum atomic E-state index is -1.36. The summed E-state index contributed by atoms with van der Waals surface area (Å²) in [6.45, 7) is 3.61. The lowest BCUT2D eigenvalue weighted by Crippen LogP contribution is -2.49. The van der Waals surface area contributed by atoms with Crippen molar-refractivity contribution in [2.75, 3.05) is 7.11 Å². The zero-order chi connectivity index (χ0) is 22.5. The quantitative estimate of drug-likeness (QED) is 0.555. The van der Waals surface area contributed by atoms with Crippen LogP contribution in [-0.4, -0.2) is 25.0 Å². The standard InChI is InChI=1S/C24H25NO6/c1-14-17-9-11-20(30-3)15(2)22(17)31-24(29)18(14)10-12-21(26)25-19(23(27)28)13-16-7-5-4-6-8-16/h4-9,11,19H,10,12-13H2,1-3H3,(H,25,26)(H,27,28)/p-1/t19-/m0/s1. The van der Waals surface area contributed by atoms with E-state index in [0.29, 0.717) is 16.9 Å². The summed E-state index contributed by atoms with van der Waals surface area (Å²) < 4.78 is 10.8. The number of aliphatic carboxylic acids is 1. The van der Waals surface area contributed by atoms with Crippen molar-refractivity contribution in [3.8, 4) is 5.75 Å². The van der Waals surface area contributed by atoms with Crippen molar-refractivity contribution in [3.05, 3.63) is 75.1 Å². The molecule has 1 aromatic heterocycles. The van der Waals surface area contributed by atoms with Crippen LogP contribution in [0, 0.1) is 13.8 Å². The lowest BCUT2D eigenvalue weighted by molar-refractivity contribution is -0.308. The van der Waals surface area contributed by atoms with E-state index in [1.807, 2.05) is 19.1 Å². The van der Waals surface area contributed by atoms with E-state index in [0.717, 1.165) is 22.1 Å². The first-order valence-electron chi connectivity index (χ1n) is 9.95. The van der Waals surface area contributed by atoms with Gasteiger partial charge in [-0.15, -0.1) is 0 Å². The maximum absolute atomic E-state index is 12.5. The molecular weight excluding hydrogens is 398 g/mol. The Morgan fingerprint density at radius 1 is 1.10 bits per heavy atom. The number of aryl methyl sites for hydroxylation is 2. The van der Waals surface area contributed by atoms with Crippen molar-refractivity contribution >= 4 is 22.8 Å². The molecule has 162 valence electrons. The van der Waals surface area contributed by atoms with Crippen molar-refractivity contribution in [1.82, 2.24) is 5.32 Å². The van der Waals surface area contributed by atoms with E-state index in [9.17, 15) is 19.5 Å². The van der Waals surface area contributed by atoms with Crippen LogP contribution >= 0.6 is 0 Å². The van der Waals surface area contributed by atoms with Gasteiger partial charge in [-0.05, 0) is 49.9 Å². The minimum absolute atomic E-state index is 0.0508. The highest BCUT2D eigenvalue weighted by atomic mass is 16.5. The molecule has 0 saturated heterocycles. The lowest BCUT2D eigenvalue weighted by atomic mass is 10.00. The smallest absolute Gasteiger partial charge is 0.339 e. The highest BCUT2D eigenvalue weighted by Gasteiger charge is 2.18. The molecule has 0 unspecified atom stereocenters. The monoisotopic (exact) mass is 422 g/mol. The number of hydrogen-bond acceptors (Lipinski definition) is 6. The van der Waals surface area contributed by atoms with Gasteiger partial charge in [0, 0.05) is 22.9 Å². The Balaban J connectivity index is 1.74. The number of carbonyl (C=O) groups excluding carboxylic acids is 2. The summed E-state index contributed by atoms with van der Waals surface area (Å²) in [5.41, 5.74) is 2.55. The molecular formula is C24H24NO6-. The van der Waals surface area contributed by atoms with Crippen LogP contribution in [0.25, 0.3) is 11.0 Å². The molecule has 1 heterocycles. The van der Waals surface area contributed by atoms with Gasteiger partial charge in [-0.2, -0.15) is 0 Å². The van der Waals surface area contributed by atoms with Crippen molar-refractivity contribution in [2.45, 2.75) is 39.2 Å². The molecule has 0 aliphatic heterocycles. The van der Waals surface area contributed by atoms with E-state index in [2.05, 4.69) is 5.32 Å². The molecule has 1 N–H and O–H groups in total. The molecule has 0 bridgehead atoms. The second-order valence-electron chi connectivity index (χ2n) is 7.39. The van der Waals surface area contributed by atoms with E-state index >= 15 is 0 Å². The molecule has 7 heteroatoms. The van der Waals surface area contributed by atoms with Gasteiger partial charge in [0.25, 0.3) is 0 Å². The summed E-state index contributed by atoms with van der Waals surface area (Å²) in [6.07, 6.45) is 0.199. The molecule has 31 heavy (non-hydrogen) atoms. The Hall–Kier alpha value is -3.61. The molecule has 0 fully saturated rings. The van der Waals surface area contributed by atoms with Gasteiger partial charge in [0.1, 0.15) is 11.3 Å². The third-order valence-corrected chi connectivity index (χ3v) is 5.38. The third-order valence-electron chi connectivity index (χ3n) is 5.38. The summed E-state index contributed by atoms with van der Waals surface area (Å²) >= 11 is 0. The molecule has 2 aromatic carbocycles. The average molecular weight is 422 g/mol. The van der Waals surface area contributed by atoms with Gasteiger partial charge in [-0.3, -0.25) is 4.79 Å². The minimum Gasteiger partial charge on any atom is -0.548 e. The molecule has 7 nitrogen and oxygen atoms in total. The second-order valence-corrected chi connectivity index (χ2v) is 7.39. The number of hydrogen-bond donors (Lipinski definition) is 1. The first kappa shape index (κ1) is 22.1. The van der Waals surface area contributed by atoms with Crippen LogP contribution < -0.4 is 20.8 Å². The number of carboxylic acids is 1. The molecule has 1 atom stereocenters. The number of carbonyl (C=O) groups is 2. The fourth-order valence-corrected chi connectivity index (χ4v) is 3.63. The number of rotatable bonds is 8. The molecule has 3 aromatic rings. The van der Waals surface area contributed by atoms with Crippen LogP contribution in [0.1, 0.15) is 28.7 Å². The predicted octanol–water partition coefficient (Wildman–Crippen LogP) is 1.83. The molecule has 0 radical (unpaired) electrons. The third kappa shape index (κ3) is 4.94. The van der Waals surface area contributed by atoms with Crippen molar-refractivity contribution in [1.29, 1.82) is 0 Å². The van der Waals surface area contributed by atoms with Gasteiger partial charge in [0.05, 0.1) is 19.1 Å². The van der Waals surface area contributed by atoms with E-state index in [-0.39, 0.29) is 19.3 Å². The van der Waals surface area contributed by atoms with Gasteiger partial charge in [-0.1, -0.05) is 30.3 Å². The molecule has 0 aliphatic carbocycles. The average Bonchev–Trinajstić information content (AvgIpc) is 2.74. The SMILES string of the molecule is COc1ccc2c(C)c(CCC(=O)N[C@@H](Cc3ccccc3)C(=O)[O-])c(=O)oc2c1C. The summed E-state index contributed by atoms with van der Waals surface area (Å²) in [5, 5.41) is 14.7. The summed E-state index contributed by atoms with van der Waals surface area (Å²) in [4.78, 5) is 36.4. The number of fused-ring (bicyclic) bond motifs is 1. The van der Waals surface area contributed by atoms with Crippen LogP contribution in [0.15, 0.2) is 51.7 Å². The molecule has 1 amide bonds. The van der Waals surface area contributed by atoms with Gasteiger partial charge in [0.2, 0.25) is 5.91 Å². The fourth-order valence-electron chi connectivity index (χ4n) is 3.63. The Labute approximate surface area is 179 Å². The summed E-state index contributed by atoms with van der Waals surface area (Å²) in [6, 6.07) is 11.4. The maximum atomic E-state index is 12.5. The second kappa shape index (κ2) is 9.47. The van der Waals surface area contributed by atoms with Crippen LogP contribution in [-0.2, 0) is 22.4 Å². The van der Waals surface area contributed by atoms with Crippen LogP contribution in [0.2, 0.25) is 0 Å². The number of amides is 1. The Kier molecular flexibility index (Phi) is 6.74. The zero-order valence-corrected chi connectivity index (χ0v) is 17.7. The number of ether oxygens (including phenoxy) is 1. The molecule has 3 rings (SSSR count). The fraction of sp³-hybridized carbons (Fsp3) is 0.292. The molecule has 0 saturated carbocycles. The van der Waals surface area contributed by atoms with E-state index < -0.39 is 23.5 Å². The Morgan fingerprint density at radius 2 is 1.81 bits per heavy atom. The van der Waals surface area contributed by atoms with Crippen molar-refractivity contribution in [2.24, 2.45) is 0 Å². The van der Waals surface area contributed by atoms with Gasteiger partial charge < -0.3 is 24.4 Å². The normalized spacial score (nSPS) is 11.8. The Morgan fingerprint density at radius 3 is 2.45 bits per heavy atom. The first-order valence-corrected chi connectivity index (χ1v) is 9.95. The number of benzene rings is 2. The van der Waals surface area contributed by atoms with E-state index in [1.54, 1.807) is 44.4 Å². The summed E-state index contributed by atoms with van der Waals surface area (Å²) in [7, 11) is 1.55. The lowest BCUT2D eigenvalue weighted by Gasteiger charge is -2.20. The first-order chi connectivity index (χ1) is 14.8. The zero-order valence-electron chi connectivity index (χ0n) is 17.7. The Bertz CT molecular complexity index is 1170. The van der Waals surface area contributed by atoms with Gasteiger partial charge in [-0.25, -0.2) is 4.79 Å². The highest BCUT2D eigenvalue weighted by molar-refractivity contribution is 5.86. The van der Waals surface area contributed by atoms with Crippen LogP contribution in [0.5, 0.6) is 5.75 Å². The largest absolute Gasteiger partial charge is 0.548 e. The van der Waals surface area contributed by atoms with Crippen LogP contribution in [0.4, 0.5) is 0 Å². The van der Waals surface area contributed by atoms with E-state index in [4.69, 9.17) is 9.15 Å². The number of methoxy groups -OCH3 is 1. The topological polar surface area (TPSA) is 109 Å². The molecule has 0 spiro atoms. The number of carboxylic acid groups (broad SMARTS) is 1. The van der Waals surface area contributed by atoms with Crippen molar-refractivity contribution in [3.63, 3.8) is 0 Å².